The van der Waals surface area contributed by atoms with E-state index in [-0.39, 0.29) is 18.5 Å². The molecule has 2 aromatic carbocycles. The lowest BCUT2D eigenvalue weighted by molar-refractivity contribution is 0.0993. The van der Waals surface area contributed by atoms with Crippen molar-refractivity contribution in [2.75, 3.05) is 13.1 Å². The van der Waals surface area contributed by atoms with Gasteiger partial charge in [0.25, 0.3) is 0 Å². The molecule has 1 fully saturated rings. The van der Waals surface area contributed by atoms with Gasteiger partial charge >= 0.3 is 0 Å². The van der Waals surface area contributed by atoms with Crippen molar-refractivity contribution >= 4 is 58.8 Å². The Kier molecular flexibility index (Phi) is 6.73. The first kappa shape index (κ1) is 19.0. The topological polar surface area (TPSA) is 21.3 Å². The maximum Gasteiger partial charge on any atom is 0.129 e. The highest BCUT2D eigenvalue weighted by Crippen LogP contribution is 2.35. The van der Waals surface area contributed by atoms with Crippen LogP contribution in [0, 0.1) is 5.92 Å². The molecule has 23 heavy (non-hydrogen) atoms. The fourth-order valence-corrected chi connectivity index (χ4v) is 2.94. The van der Waals surface area contributed by atoms with Gasteiger partial charge in [0.1, 0.15) is 11.9 Å². The maximum absolute atomic E-state index is 6.15. The highest BCUT2D eigenvalue weighted by Gasteiger charge is 2.30. The van der Waals surface area contributed by atoms with Crippen LogP contribution < -0.4 is 10.1 Å². The molecule has 0 spiro atoms. The van der Waals surface area contributed by atoms with Crippen LogP contribution in [0.1, 0.15) is 11.7 Å². The number of benzene rings is 2. The Morgan fingerprint density at radius 2 is 1.48 bits per heavy atom. The number of hydrogen-bond acceptors (Lipinski definition) is 2. The highest BCUT2D eigenvalue weighted by molar-refractivity contribution is 6.42. The molecule has 1 aliphatic heterocycles. The van der Waals surface area contributed by atoms with Crippen molar-refractivity contribution in [3.05, 3.63) is 62.1 Å². The van der Waals surface area contributed by atoms with E-state index in [0.717, 1.165) is 18.7 Å². The molecule has 0 aliphatic carbocycles. The molecule has 7 heteroatoms. The minimum Gasteiger partial charge on any atom is -0.485 e. The van der Waals surface area contributed by atoms with Crippen molar-refractivity contribution in [3.63, 3.8) is 0 Å². The predicted octanol–water partition coefficient (Wildman–Crippen LogP) is 6.06. The van der Waals surface area contributed by atoms with Crippen LogP contribution in [0.25, 0.3) is 0 Å². The Balaban J connectivity index is 0.00000192. The average molecular weight is 414 g/mol. The summed E-state index contributed by atoms with van der Waals surface area (Å²) in [4.78, 5) is 0. The zero-order valence-corrected chi connectivity index (χ0v) is 15.7. The molecule has 1 saturated heterocycles. The van der Waals surface area contributed by atoms with Gasteiger partial charge in [-0.25, -0.2) is 0 Å². The Bertz CT molecular complexity index is 690. The molecule has 124 valence electrons. The summed E-state index contributed by atoms with van der Waals surface area (Å²) < 4.78 is 6.15. The number of halogens is 5. The van der Waals surface area contributed by atoms with Gasteiger partial charge in [-0.05, 0) is 29.8 Å². The minimum atomic E-state index is -0.117. The predicted molar refractivity (Wildman–Crippen MR) is 99.9 cm³/mol. The molecular weight excluding hydrogens is 399 g/mol. The molecule has 0 aromatic heterocycles. The second-order valence-electron chi connectivity index (χ2n) is 5.21. The normalized spacial score (nSPS) is 15.5. The van der Waals surface area contributed by atoms with Crippen LogP contribution in [-0.4, -0.2) is 13.1 Å². The highest BCUT2D eigenvalue weighted by atomic mass is 35.5. The third-order valence-electron chi connectivity index (χ3n) is 3.67. The van der Waals surface area contributed by atoms with Gasteiger partial charge in [-0.3, -0.25) is 0 Å². The summed E-state index contributed by atoms with van der Waals surface area (Å²) >= 11 is 24.1. The molecule has 1 aliphatic rings. The van der Waals surface area contributed by atoms with E-state index in [0.29, 0.717) is 31.8 Å². The second-order valence-corrected chi connectivity index (χ2v) is 6.84. The van der Waals surface area contributed by atoms with Gasteiger partial charge in [0.2, 0.25) is 0 Å². The molecule has 1 atom stereocenters. The molecule has 0 amide bonds. The smallest absolute Gasteiger partial charge is 0.129 e. The molecule has 0 bridgehead atoms. The Hall–Kier alpha value is -0.350. The SMILES string of the molecule is Cl.Clc1ccc(O[C@@H](c2ccc(Cl)c(Cl)c2)C2CNC2)cc1Cl. The van der Waals surface area contributed by atoms with E-state index in [1.165, 1.54) is 0 Å². The van der Waals surface area contributed by atoms with Crippen molar-refractivity contribution in [2.45, 2.75) is 6.10 Å². The lowest BCUT2D eigenvalue weighted by Gasteiger charge is -2.35. The summed E-state index contributed by atoms with van der Waals surface area (Å²) in [6.45, 7) is 1.79. The second kappa shape index (κ2) is 8.15. The number of hydrogen-bond donors (Lipinski definition) is 1. The summed E-state index contributed by atoms with van der Waals surface area (Å²) in [7, 11) is 0. The standard InChI is InChI=1S/C16H13Cl4NO.ClH/c17-12-3-1-9(5-14(12)19)16(10-7-21-8-10)22-11-2-4-13(18)15(20)6-11;/h1-6,10,16,21H,7-8H2;1H/t16-;/m0./s1. The van der Waals surface area contributed by atoms with E-state index in [1.54, 1.807) is 18.2 Å². The van der Waals surface area contributed by atoms with E-state index in [2.05, 4.69) is 5.32 Å². The molecule has 2 nitrogen and oxygen atoms in total. The quantitative estimate of drug-likeness (QED) is 0.658. The van der Waals surface area contributed by atoms with Crippen molar-refractivity contribution in [3.8, 4) is 5.75 Å². The molecule has 1 heterocycles. The van der Waals surface area contributed by atoms with Crippen molar-refractivity contribution in [1.82, 2.24) is 5.32 Å². The largest absolute Gasteiger partial charge is 0.485 e. The summed E-state index contributed by atoms with van der Waals surface area (Å²) in [6.07, 6.45) is -0.117. The van der Waals surface area contributed by atoms with E-state index in [9.17, 15) is 0 Å². The third kappa shape index (κ3) is 4.39. The summed E-state index contributed by atoms with van der Waals surface area (Å²) in [6, 6.07) is 10.8. The van der Waals surface area contributed by atoms with Gasteiger partial charge in [0, 0.05) is 25.1 Å². The third-order valence-corrected chi connectivity index (χ3v) is 5.15. The monoisotopic (exact) mass is 411 g/mol. The van der Waals surface area contributed by atoms with Crippen LogP contribution >= 0.6 is 58.8 Å². The molecule has 2 aromatic rings. The van der Waals surface area contributed by atoms with Gasteiger partial charge in [-0.2, -0.15) is 0 Å². The van der Waals surface area contributed by atoms with Crippen molar-refractivity contribution < 1.29 is 4.74 Å². The lowest BCUT2D eigenvalue weighted by atomic mass is 9.91. The van der Waals surface area contributed by atoms with Crippen LogP contribution in [0.4, 0.5) is 0 Å². The maximum atomic E-state index is 6.15. The van der Waals surface area contributed by atoms with E-state index in [4.69, 9.17) is 51.1 Å². The first-order valence-electron chi connectivity index (χ1n) is 6.82. The van der Waals surface area contributed by atoms with Crippen LogP contribution in [0.3, 0.4) is 0 Å². The first-order valence-corrected chi connectivity index (χ1v) is 8.33. The summed E-state index contributed by atoms with van der Waals surface area (Å²) in [5.41, 5.74) is 0.993. The molecule has 3 rings (SSSR count). The van der Waals surface area contributed by atoms with E-state index >= 15 is 0 Å². The number of ether oxygens (including phenoxy) is 1. The summed E-state index contributed by atoms with van der Waals surface area (Å²) in [5.74, 6) is 1.05. The molecular formula is C16H14Cl5NO. The molecule has 0 unspecified atom stereocenters. The van der Waals surface area contributed by atoms with E-state index < -0.39 is 0 Å². The zero-order chi connectivity index (χ0) is 15.7. The Labute approximate surface area is 161 Å². The molecule has 0 radical (unpaired) electrons. The molecule has 0 saturated carbocycles. The van der Waals surface area contributed by atoms with Crippen LogP contribution in [0.2, 0.25) is 20.1 Å². The number of rotatable bonds is 4. The van der Waals surface area contributed by atoms with Gasteiger partial charge in [0.05, 0.1) is 20.1 Å². The Morgan fingerprint density at radius 3 is 2.00 bits per heavy atom. The lowest BCUT2D eigenvalue weighted by Crippen LogP contribution is -2.46. The van der Waals surface area contributed by atoms with Crippen LogP contribution in [-0.2, 0) is 0 Å². The fourth-order valence-electron chi connectivity index (χ4n) is 2.35. The van der Waals surface area contributed by atoms with Crippen LogP contribution in [0.5, 0.6) is 5.75 Å². The molecule has 1 N–H and O–H groups in total. The zero-order valence-electron chi connectivity index (χ0n) is 11.9. The van der Waals surface area contributed by atoms with Crippen molar-refractivity contribution in [1.29, 1.82) is 0 Å². The fraction of sp³-hybridized carbons (Fsp3) is 0.250. The first-order chi connectivity index (χ1) is 10.5. The van der Waals surface area contributed by atoms with Crippen LogP contribution in [0.15, 0.2) is 36.4 Å². The van der Waals surface area contributed by atoms with Gasteiger partial charge in [0.15, 0.2) is 0 Å². The van der Waals surface area contributed by atoms with Crippen molar-refractivity contribution in [2.24, 2.45) is 5.92 Å². The number of nitrogens with one attached hydrogen (secondary N) is 1. The Morgan fingerprint density at radius 1 is 0.870 bits per heavy atom. The van der Waals surface area contributed by atoms with Gasteiger partial charge in [-0.15, -0.1) is 12.4 Å². The van der Waals surface area contributed by atoms with Gasteiger partial charge in [-0.1, -0.05) is 52.5 Å². The minimum absolute atomic E-state index is 0. The average Bonchev–Trinajstić information content (AvgIpc) is 2.43. The summed E-state index contributed by atoms with van der Waals surface area (Å²) in [5, 5.41) is 5.29. The van der Waals surface area contributed by atoms with E-state index in [1.807, 2.05) is 18.2 Å². The van der Waals surface area contributed by atoms with Gasteiger partial charge < -0.3 is 10.1 Å².